The van der Waals surface area contributed by atoms with Gasteiger partial charge in [0.05, 0.1) is 16.9 Å². The molecule has 17 heavy (non-hydrogen) atoms. The molecule has 1 aromatic carbocycles. The Bertz CT molecular complexity index is 562. The average Bonchev–Trinajstić information content (AvgIpc) is 2.83. The summed E-state index contributed by atoms with van der Waals surface area (Å²) in [5.41, 5.74) is 8.48. The molecule has 0 radical (unpaired) electrons. The summed E-state index contributed by atoms with van der Waals surface area (Å²) in [4.78, 5) is 8.66. The third kappa shape index (κ3) is 1.84. The number of aromatic nitrogens is 2. The van der Waals surface area contributed by atoms with Crippen LogP contribution in [0.25, 0.3) is 10.9 Å². The van der Waals surface area contributed by atoms with Gasteiger partial charge in [0, 0.05) is 11.3 Å². The molecule has 0 atom stereocenters. The van der Waals surface area contributed by atoms with E-state index in [9.17, 15) is 0 Å². The molecule has 0 bridgehead atoms. The van der Waals surface area contributed by atoms with Gasteiger partial charge in [0.2, 0.25) is 5.28 Å². The Morgan fingerprint density at radius 3 is 2.71 bits per heavy atom. The highest BCUT2D eigenvalue weighted by molar-refractivity contribution is 6.28. The van der Waals surface area contributed by atoms with Crippen molar-refractivity contribution in [2.24, 2.45) is 0 Å². The van der Waals surface area contributed by atoms with Gasteiger partial charge in [-0.25, -0.2) is 9.97 Å². The second kappa shape index (κ2) is 4.15. The van der Waals surface area contributed by atoms with Crippen molar-refractivity contribution in [1.82, 2.24) is 9.97 Å². The molecular weight excluding hydrogens is 234 g/mol. The first-order valence-corrected chi connectivity index (χ1v) is 6.35. The van der Waals surface area contributed by atoms with E-state index in [2.05, 4.69) is 9.97 Å². The Balaban J connectivity index is 2.25. The molecular formula is C13H14ClN3. The van der Waals surface area contributed by atoms with Gasteiger partial charge >= 0.3 is 0 Å². The summed E-state index contributed by atoms with van der Waals surface area (Å²) in [6, 6.07) is 5.84. The Morgan fingerprint density at radius 1 is 1.18 bits per heavy atom. The van der Waals surface area contributed by atoms with Crippen molar-refractivity contribution in [2.75, 3.05) is 5.73 Å². The van der Waals surface area contributed by atoms with Gasteiger partial charge in [-0.1, -0.05) is 25.0 Å². The standard InChI is InChI=1S/C13H14ClN3/c14-13-16-11(8-4-1-2-5-8)9-6-3-7-10(15)12(9)17-13/h3,6-8H,1-2,4-5,15H2. The van der Waals surface area contributed by atoms with Crippen LogP contribution in [0.4, 0.5) is 5.69 Å². The van der Waals surface area contributed by atoms with Crippen LogP contribution in [0.5, 0.6) is 0 Å². The van der Waals surface area contributed by atoms with Gasteiger partial charge in [0.15, 0.2) is 0 Å². The molecule has 3 rings (SSSR count). The number of benzene rings is 1. The van der Waals surface area contributed by atoms with Crippen LogP contribution >= 0.6 is 11.6 Å². The Labute approximate surface area is 105 Å². The quantitative estimate of drug-likeness (QED) is 0.620. The van der Waals surface area contributed by atoms with Gasteiger partial charge in [0.25, 0.3) is 0 Å². The van der Waals surface area contributed by atoms with Gasteiger partial charge in [-0.15, -0.1) is 0 Å². The SMILES string of the molecule is Nc1cccc2c(C3CCCC3)nc(Cl)nc12. The molecule has 1 fully saturated rings. The zero-order valence-electron chi connectivity index (χ0n) is 9.49. The number of nitrogens with zero attached hydrogens (tertiary/aromatic N) is 2. The van der Waals surface area contributed by atoms with Crippen molar-refractivity contribution in [3.05, 3.63) is 29.2 Å². The third-order valence-corrected chi connectivity index (χ3v) is 3.67. The van der Waals surface area contributed by atoms with E-state index in [-0.39, 0.29) is 0 Å². The monoisotopic (exact) mass is 247 g/mol. The maximum atomic E-state index is 6.00. The lowest BCUT2D eigenvalue weighted by molar-refractivity contribution is 0.703. The Kier molecular flexibility index (Phi) is 2.63. The van der Waals surface area contributed by atoms with Crippen molar-refractivity contribution >= 4 is 28.2 Å². The average molecular weight is 248 g/mol. The summed E-state index contributed by atoms with van der Waals surface area (Å²) in [6.07, 6.45) is 4.93. The minimum absolute atomic E-state index is 0.303. The number of hydrogen-bond donors (Lipinski definition) is 1. The van der Waals surface area contributed by atoms with Crippen LogP contribution in [-0.4, -0.2) is 9.97 Å². The molecule has 0 unspecified atom stereocenters. The second-order valence-electron chi connectivity index (χ2n) is 4.60. The largest absolute Gasteiger partial charge is 0.397 e. The molecule has 4 heteroatoms. The maximum Gasteiger partial charge on any atom is 0.223 e. The zero-order chi connectivity index (χ0) is 11.8. The fourth-order valence-electron chi connectivity index (χ4n) is 2.68. The summed E-state index contributed by atoms with van der Waals surface area (Å²) in [5.74, 6) is 0.514. The second-order valence-corrected chi connectivity index (χ2v) is 4.94. The van der Waals surface area contributed by atoms with E-state index in [1.165, 1.54) is 25.7 Å². The molecule has 0 spiro atoms. The molecule has 1 aliphatic rings. The predicted octanol–water partition coefficient (Wildman–Crippen LogP) is 3.52. The number of rotatable bonds is 1. The molecule has 2 N–H and O–H groups in total. The number of nitrogen functional groups attached to an aromatic ring is 1. The summed E-state index contributed by atoms with van der Waals surface area (Å²) >= 11 is 6.00. The van der Waals surface area contributed by atoms with Gasteiger partial charge in [-0.05, 0) is 30.5 Å². The molecule has 1 aliphatic carbocycles. The van der Waals surface area contributed by atoms with Gasteiger partial charge in [-0.2, -0.15) is 0 Å². The molecule has 3 nitrogen and oxygen atoms in total. The van der Waals surface area contributed by atoms with Crippen LogP contribution < -0.4 is 5.73 Å². The van der Waals surface area contributed by atoms with Crippen LogP contribution in [0.2, 0.25) is 5.28 Å². The zero-order valence-corrected chi connectivity index (χ0v) is 10.2. The first-order valence-electron chi connectivity index (χ1n) is 5.97. The Morgan fingerprint density at radius 2 is 1.94 bits per heavy atom. The van der Waals surface area contributed by atoms with Gasteiger partial charge in [0.1, 0.15) is 0 Å². The van der Waals surface area contributed by atoms with E-state index >= 15 is 0 Å². The van der Waals surface area contributed by atoms with Crippen LogP contribution in [0, 0.1) is 0 Å². The number of nitrogens with two attached hydrogens (primary N) is 1. The molecule has 1 heterocycles. The van der Waals surface area contributed by atoms with Crippen LogP contribution in [0.1, 0.15) is 37.3 Å². The van der Waals surface area contributed by atoms with E-state index in [1.807, 2.05) is 18.2 Å². The molecule has 1 aromatic heterocycles. The number of halogens is 1. The number of fused-ring (bicyclic) bond motifs is 1. The predicted molar refractivity (Wildman–Crippen MR) is 70.2 cm³/mol. The molecule has 0 amide bonds. The number of anilines is 1. The smallest absolute Gasteiger partial charge is 0.223 e. The molecule has 0 aliphatic heterocycles. The van der Waals surface area contributed by atoms with Crippen molar-refractivity contribution in [3.63, 3.8) is 0 Å². The lowest BCUT2D eigenvalue weighted by Crippen LogP contribution is -2.01. The van der Waals surface area contributed by atoms with E-state index in [4.69, 9.17) is 17.3 Å². The maximum absolute atomic E-state index is 6.00. The van der Waals surface area contributed by atoms with Crippen molar-refractivity contribution in [1.29, 1.82) is 0 Å². The lowest BCUT2D eigenvalue weighted by atomic mass is 9.99. The summed E-state index contributed by atoms with van der Waals surface area (Å²) in [6.45, 7) is 0. The van der Waals surface area contributed by atoms with E-state index in [0.717, 1.165) is 16.6 Å². The first-order chi connectivity index (χ1) is 8.25. The first kappa shape index (κ1) is 10.8. The highest BCUT2D eigenvalue weighted by Crippen LogP contribution is 2.37. The molecule has 0 saturated heterocycles. The highest BCUT2D eigenvalue weighted by atomic mass is 35.5. The normalized spacial score (nSPS) is 16.8. The van der Waals surface area contributed by atoms with E-state index < -0.39 is 0 Å². The van der Waals surface area contributed by atoms with Gasteiger partial charge < -0.3 is 5.73 Å². The minimum Gasteiger partial charge on any atom is -0.397 e. The Hall–Kier alpha value is -1.35. The van der Waals surface area contributed by atoms with E-state index in [1.54, 1.807) is 0 Å². The van der Waals surface area contributed by atoms with Crippen LogP contribution in [-0.2, 0) is 0 Å². The lowest BCUT2D eigenvalue weighted by Gasteiger charge is -2.12. The fraction of sp³-hybridized carbons (Fsp3) is 0.385. The van der Waals surface area contributed by atoms with Crippen molar-refractivity contribution in [3.8, 4) is 0 Å². The van der Waals surface area contributed by atoms with Gasteiger partial charge in [-0.3, -0.25) is 0 Å². The van der Waals surface area contributed by atoms with Crippen LogP contribution in [0.15, 0.2) is 18.2 Å². The van der Waals surface area contributed by atoms with Crippen molar-refractivity contribution < 1.29 is 0 Å². The summed E-state index contributed by atoms with van der Waals surface area (Å²) in [7, 11) is 0. The topological polar surface area (TPSA) is 51.8 Å². The van der Waals surface area contributed by atoms with Crippen LogP contribution in [0.3, 0.4) is 0 Å². The number of para-hydroxylation sites is 1. The minimum atomic E-state index is 0.303. The highest BCUT2D eigenvalue weighted by Gasteiger charge is 2.22. The van der Waals surface area contributed by atoms with E-state index in [0.29, 0.717) is 16.9 Å². The third-order valence-electron chi connectivity index (χ3n) is 3.50. The molecule has 2 aromatic rings. The summed E-state index contributed by atoms with van der Waals surface area (Å²) < 4.78 is 0. The molecule has 1 saturated carbocycles. The molecule has 88 valence electrons. The summed E-state index contributed by atoms with van der Waals surface area (Å²) in [5, 5.41) is 1.36. The fourth-order valence-corrected chi connectivity index (χ4v) is 2.86. The van der Waals surface area contributed by atoms with Crippen molar-refractivity contribution in [2.45, 2.75) is 31.6 Å². The number of hydrogen-bond acceptors (Lipinski definition) is 3.